The van der Waals surface area contributed by atoms with E-state index >= 15 is 0 Å². The van der Waals surface area contributed by atoms with Crippen LogP contribution < -0.4 is 5.32 Å². The molecule has 27 heavy (non-hydrogen) atoms. The van der Waals surface area contributed by atoms with Gasteiger partial charge in [0.25, 0.3) is 0 Å². The summed E-state index contributed by atoms with van der Waals surface area (Å²) < 4.78 is 0. The lowest BCUT2D eigenvalue weighted by Gasteiger charge is -2.14. The predicted molar refractivity (Wildman–Crippen MR) is 114 cm³/mol. The molecule has 4 rings (SSSR count). The first-order chi connectivity index (χ1) is 13.2. The maximum absolute atomic E-state index is 4.60. The van der Waals surface area contributed by atoms with Crippen LogP contribution in [0.5, 0.6) is 0 Å². The van der Waals surface area contributed by atoms with Crippen LogP contribution in [0.2, 0.25) is 0 Å². The first kappa shape index (κ1) is 17.5. The molecule has 0 atom stereocenters. The van der Waals surface area contributed by atoms with Crippen molar-refractivity contribution in [2.45, 2.75) is 18.7 Å². The Morgan fingerprint density at radius 3 is 2.59 bits per heavy atom. The Balaban J connectivity index is 1.90. The molecule has 134 valence electrons. The molecular weight excluding hydrogens is 352 g/mol. The average Bonchev–Trinajstić information content (AvgIpc) is 2.69. The molecule has 0 saturated heterocycles. The van der Waals surface area contributed by atoms with Gasteiger partial charge in [-0.25, -0.2) is 0 Å². The summed E-state index contributed by atoms with van der Waals surface area (Å²) in [5, 5.41) is 3.51. The third-order valence-electron chi connectivity index (χ3n) is 4.54. The number of pyridine rings is 1. The smallest absolute Gasteiger partial charge is 0.0966 e. The minimum Gasteiger partial charge on any atom is -0.353 e. The summed E-state index contributed by atoms with van der Waals surface area (Å²) in [4.78, 5) is 14.5. The number of rotatable bonds is 4. The van der Waals surface area contributed by atoms with E-state index in [1.165, 1.54) is 16.7 Å². The van der Waals surface area contributed by atoms with Crippen LogP contribution in [-0.2, 0) is 0 Å². The number of benzene rings is 2. The number of aryl methyl sites for hydroxylation is 2. The summed E-state index contributed by atoms with van der Waals surface area (Å²) in [5.41, 5.74) is 8.45. The normalized spacial score (nSPS) is 10.9. The first-order valence-electron chi connectivity index (χ1n) is 8.73. The highest BCUT2D eigenvalue weighted by molar-refractivity contribution is 7.98. The molecule has 1 N–H and O–H groups in total. The maximum atomic E-state index is 4.60. The number of nitrogens with one attached hydrogen (secondary N) is 1. The molecule has 2 aromatic heterocycles. The Morgan fingerprint density at radius 2 is 1.74 bits per heavy atom. The van der Waals surface area contributed by atoms with Crippen molar-refractivity contribution < 1.29 is 0 Å². The molecule has 2 heterocycles. The standard InChI is InChI=1S/C22H20N4S/c1-14-4-5-15(2)17(10-14)18-11-16(12-19-22(18)25-9-8-24-19)26-20-13-23-7-6-21(20)27-3/h4-13,26H,1-3H3. The molecule has 0 fully saturated rings. The van der Waals surface area contributed by atoms with Crippen LogP contribution in [0.3, 0.4) is 0 Å². The highest BCUT2D eigenvalue weighted by Gasteiger charge is 2.12. The minimum absolute atomic E-state index is 0.869. The number of hydrogen-bond donors (Lipinski definition) is 1. The van der Waals surface area contributed by atoms with Gasteiger partial charge in [-0.15, -0.1) is 11.8 Å². The topological polar surface area (TPSA) is 50.7 Å². The average molecular weight is 372 g/mol. The van der Waals surface area contributed by atoms with Crippen LogP contribution in [0.25, 0.3) is 22.2 Å². The molecule has 0 aliphatic heterocycles. The van der Waals surface area contributed by atoms with Gasteiger partial charge in [-0.3, -0.25) is 15.0 Å². The van der Waals surface area contributed by atoms with Gasteiger partial charge in [0.2, 0.25) is 0 Å². The van der Waals surface area contributed by atoms with Gasteiger partial charge in [-0.2, -0.15) is 0 Å². The van der Waals surface area contributed by atoms with E-state index in [0.29, 0.717) is 0 Å². The third-order valence-corrected chi connectivity index (χ3v) is 5.33. The van der Waals surface area contributed by atoms with Crippen molar-refractivity contribution in [3.8, 4) is 11.1 Å². The van der Waals surface area contributed by atoms with Crippen molar-refractivity contribution in [3.63, 3.8) is 0 Å². The molecule has 0 aliphatic rings. The Kier molecular flexibility index (Phi) is 4.77. The Bertz CT molecular complexity index is 1120. The molecule has 0 spiro atoms. The fraction of sp³-hybridized carbons (Fsp3) is 0.136. The van der Waals surface area contributed by atoms with Gasteiger partial charge in [-0.1, -0.05) is 23.8 Å². The highest BCUT2D eigenvalue weighted by atomic mass is 32.2. The molecular formula is C22H20N4S. The second-order valence-electron chi connectivity index (χ2n) is 6.47. The monoisotopic (exact) mass is 372 g/mol. The molecule has 0 radical (unpaired) electrons. The van der Waals surface area contributed by atoms with E-state index in [9.17, 15) is 0 Å². The van der Waals surface area contributed by atoms with Crippen molar-refractivity contribution in [3.05, 3.63) is 72.3 Å². The number of nitrogens with zero attached hydrogens (tertiary/aromatic N) is 3. The van der Waals surface area contributed by atoms with Crippen LogP contribution in [0.4, 0.5) is 11.4 Å². The van der Waals surface area contributed by atoms with Crippen LogP contribution in [0.1, 0.15) is 11.1 Å². The van der Waals surface area contributed by atoms with Gasteiger partial charge in [0.15, 0.2) is 0 Å². The van der Waals surface area contributed by atoms with Crippen LogP contribution >= 0.6 is 11.8 Å². The van der Waals surface area contributed by atoms with Gasteiger partial charge in [0.1, 0.15) is 0 Å². The molecule has 5 heteroatoms. The molecule has 4 nitrogen and oxygen atoms in total. The van der Waals surface area contributed by atoms with Gasteiger partial charge >= 0.3 is 0 Å². The Labute approximate surface area is 163 Å². The van der Waals surface area contributed by atoms with Crippen molar-refractivity contribution in [1.82, 2.24) is 15.0 Å². The molecule has 0 saturated carbocycles. The van der Waals surface area contributed by atoms with Gasteiger partial charge in [-0.05, 0) is 49.4 Å². The van der Waals surface area contributed by atoms with E-state index in [1.807, 2.05) is 24.5 Å². The highest BCUT2D eigenvalue weighted by Crippen LogP contribution is 2.34. The van der Waals surface area contributed by atoms with Crippen molar-refractivity contribution >= 4 is 34.2 Å². The first-order valence-corrected chi connectivity index (χ1v) is 9.95. The second-order valence-corrected chi connectivity index (χ2v) is 7.32. The van der Waals surface area contributed by atoms with E-state index in [4.69, 9.17) is 0 Å². The van der Waals surface area contributed by atoms with E-state index in [2.05, 4.69) is 64.6 Å². The van der Waals surface area contributed by atoms with Gasteiger partial charge in [0.05, 0.1) is 22.9 Å². The van der Waals surface area contributed by atoms with Gasteiger partial charge < -0.3 is 5.32 Å². The summed E-state index contributed by atoms with van der Waals surface area (Å²) in [6.07, 6.45) is 9.20. The minimum atomic E-state index is 0.869. The zero-order chi connectivity index (χ0) is 18.8. The molecule has 2 aromatic carbocycles. The van der Waals surface area contributed by atoms with E-state index < -0.39 is 0 Å². The van der Waals surface area contributed by atoms with Crippen LogP contribution in [-0.4, -0.2) is 21.2 Å². The van der Waals surface area contributed by atoms with Crippen molar-refractivity contribution in [1.29, 1.82) is 0 Å². The molecule has 0 bridgehead atoms. The predicted octanol–water partition coefficient (Wildman–Crippen LogP) is 5.77. The quantitative estimate of drug-likeness (QED) is 0.461. The summed E-state index contributed by atoms with van der Waals surface area (Å²) >= 11 is 1.69. The Morgan fingerprint density at radius 1 is 0.889 bits per heavy atom. The number of hydrogen-bond acceptors (Lipinski definition) is 5. The lowest BCUT2D eigenvalue weighted by atomic mass is 9.96. The van der Waals surface area contributed by atoms with E-state index in [0.717, 1.165) is 32.9 Å². The molecule has 4 aromatic rings. The fourth-order valence-electron chi connectivity index (χ4n) is 3.19. The van der Waals surface area contributed by atoms with Crippen LogP contribution in [0.15, 0.2) is 66.1 Å². The fourth-order valence-corrected chi connectivity index (χ4v) is 3.71. The van der Waals surface area contributed by atoms with Gasteiger partial charge in [0, 0.05) is 34.7 Å². The zero-order valence-electron chi connectivity index (χ0n) is 15.5. The molecule has 0 amide bonds. The summed E-state index contributed by atoms with van der Waals surface area (Å²) in [5.74, 6) is 0. The van der Waals surface area contributed by atoms with E-state index in [1.54, 1.807) is 24.2 Å². The van der Waals surface area contributed by atoms with E-state index in [-0.39, 0.29) is 0 Å². The Hall–Kier alpha value is -2.92. The zero-order valence-corrected chi connectivity index (χ0v) is 16.3. The second kappa shape index (κ2) is 7.37. The number of anilines is 2. The van der Waals surface area contributed by atoms with Crippen molar-refractivity contribution in [2.75, 3.05) is 11.6 Å². The largest absolute Gasteiger partial charge is 0.353 e. The maximum Gasteiger partial charge on any atom is 0.0966 e. The molecule has 0 aliphatic carbocycles. The SMILES string of the molecule is CSc1ccncc1Nc1cc(-c2cc(C)ccc2C)c2nccnc2c1. The summed E-state index contributed by atoms with van der Waals surface area (Å²) in [6, 6.07) is 12.7. The molecule has 0 unspecified atom stereocenters. The summed E-state index contributed by atoms with van der Waals surface area (Å²) in [6.45, 7) is 4.24. The number of aromatic nitrogens is 3. The van der Waals surface area contributed by atoms with Crippen molar-refractivity contribution in [2.24, 2.45) is 0 Å². The number of fused-ring (bicyclic) bond motifs is 1. The lowest BCUT2D eigenvalue weighted by molar-refractivity contribution is 1.25. The summed E-state index contributed by atoms with van der Waals surface area (Å²) in [7, 11) is 0. The van der Waals surface area contributed by atoms with Crippen LogP contribution in [0, 0.1) is 13.8 Å². The third kappa shape index (κ3) is 3.51. The number of thioether (sulfide) groups is 1. The lowest BCUT2D eigenvalue weighted by Crippen LogP contribution is -1.97.